The minimum Gasteiger partial charge on any atom is -0.377 e. The number of nitrogens with zero attached hydrogens (tertiary/aromatic N) is 2. The van der Waals surface area contributed by atoms with Crippen LogP contribution in [-0.2, 0) is 4.74 Å². The summed E-state index contributed by atoms with van der Waals surface area (Å²) < 4.78 is 5.31. The van der Waals surface area contributed by atoms with Gasteiger partial charge in [0.1, 0.15) is 5.69 Å². The van der Waals surface area contributed by atoms with Gasteiger partial charge >= 0.3 is 0 Å². The van der Waals surface area contributed by atoms with Crippen molar-refractivity contribution in [3.8, 4) is 10.4 Å². The minimum atomic E-state index is -0.360. The van der Waals surface area contributed by atoms with Gasteiger partial charge < -0.3 is 10.1 Å². The molecule has 1 fully saturated rings. The van der Waals surface area contributed by atoms with Gasteiger partial charge in [0, 0.05) is 31.0 Å². The van der Waals surface area contributed by atoms with E-state index < -0.39 is 0 Å². The number of benzene rings is 1. The quantitative estimate of drug-likeness (QED) is 0.678. The lowest BCUT2D eigenvalue weighted by Gasteiger charge is -2.26. The van der Waals surface area contributed by atoms with Gasteiger partial charge in [0.25, 0.3) is 5.69 Å². The van der Waals surface area contributed by atoms with E-state index in [1.165, 1.54) is 11.3 Å². The van der Waals surface area contributed by atoms with Gasteiger partial charge in [-0.2, -0.15) is 0 Å². The third-order valence-corrected chi connectivity index (χ3v) is 4.38. The Kier molecular flexibility index (Phi) is 3.85. The van der Waals surface area contributed by atoms with Gasteiger partial charge in [0.15, 0.2) is 0 Å². The molecule has 0 radical (unpaired) electrons. The van der Waals surface area contributed by atoms with Crippen LogP contribution in [0.4, 0.5) is 11.4 Å². The lowest BCUT2D eigenvalue weighted by atomic mass is 10.1. The molecule has 0 aliphatic carbocycles. The summed E-state index contributed by atoms with van der Waals surface area (Å²) in [5, 5.41) is 15.3. The Hall–Kier alpha value is -1.99. The summed E-state index contributed by atoms with van der Waals surface area (Å²) in [6.45, 7) is 3.29. The first-order valence-electron chi connectivity index (χ1n) is 6.70. The molecule has 1 saturated heterocycles. The smallest absolute Gasteiger partial charge is 0.292 e. The largest absolute Gasteiger partial charge is 0.377 e. The Morgan fingerprint density at radius 3 is 2.95 bits per heavy atom. The number of nitro benzene ring substituents is 1. The fourth-order valence-electron chi connectivity index (χ4n) is 2.15. The molecule has 110 valence electrons. The molecule has 7 heteroatoms. The van der Waals surface area contributed by atoms with Gasteiger partial charge in [-0.15, -0.1) is 11.3 Å². The predicted octanol–water partition coefficient (Wildman–Crippen LogP) is 3.23. The summed E-state index contributed by atoms with van der Waals surface area (Å²) in [5.41, 5.74) is 1.43. The highest BCUT2D eigenvalue weighted by Gasteiger charge is 2.20. The Morgan fingerprint density at radius 2 is 2.38 bits per heavy atom. The van der Waals surface area contributed by atoms with Crippen molar-refractivity contribution in [2.24, 2.45) is 0 Å². The van der Waals surface area contributed by atoms with E-state index in [9.17, 15) is 10.1 Å². The zero-order chi connectivity index (χ0) is 14.8. The van der Waals surface area contributed by atoms with Gasteiger partial charge in [-0.1, -0.05) is 6.07 Å². The second-order valence-electron chi connectivity index (χ2n) is 4.89. The van der Waals surface area contributed by atoms with E-state index in [-0.39, 0.29) is 16.7 Å². The standard InChI is InChI=1S/C14H15N3O3S/c1-9-15-8-14(21-9)10-2-3-12(13(6-10)17(18)19)16-7-11-4-5-20-11/h2-3,6,8,11,16H,4-5,7H2,1H3. The molecule has 1 aromatic carbocycles. The molecule has 0 amide bonds. The molecule has 0 bridgehead atoms. The Bertz CT molecular complexity index is 667. The van der Waals surface area contributed by atoms with Crippen LogP contribution in [0.5, 0.6) is 0 Å². The number of aromatic nitrogens is 1. The minimum absolute atomic E-state index is 0.0814. The lowest BCUT2D eigenvalue weighted by Crippen LogP contribution is -2.33. The van der Waals surface area contributed by atoms with Crippen molar-refractivity contribution < 1.29 is 9.66 Å². The van der Waals surface area contributed by atoms with Gasteiger partial charge in [0.05, 0.1) is 20.9 Å². The number of aryl methyl sites for hydroxylation is 1. The number of ether oxygens (including phenoxy) is 1. The van der Waals surface area contributed by atoms with E-state index >= 15 is 0 Å². The normalized spacial score (nSPS) is 17.3. The molecule has 21 heavy (non-hydrogen) atoms. The van der Waals surface area contributed by atoms with Gasteiger partial charge in [-0.25, -0.2) is 4.98 Å². The highest BCUT2D eigenvalue weighted by Crippen LogP contribution is 2.33. The van der Waals surface area contributed by atoms with Crippen LogP contribution in [0, 0.1) is 17.0 Å². The molecule has 1 unspecified atom stereocenters. The molecular formula is C14H15N3O3S. The SMILES string of the molecule is Cc1ncc(-c2ccc(NCC3CCO3)c([N+](=O)[O-])c2)s1. The molecule has 6 nitrogen and oxygen atoms in total. The molecular weight excluding hydrogens is 290 g/mol. The average Bonchev–Trinajstić information content (AvgIpc) is 2.83. The van der Waals surface area contributed by atoms with E-state index in [1.54, 1.807) is 18.3 Å². The topological polar surface area (TPSA) is 77.3 Å². The maximum Gasteiger partial charge on any atom is 0.292 e. The zero-order valence-corrected chi connectivity index (χ0v) is 12.4. The molecule has 1 aromatic heterocycles. The average molecular weight is 305 g/mol. The van der Waals surface area contributed by atoms with Crippen LogP contribution in [0.15, 0.2) is 24.4 Å². The first-order chi connectivity index (χ1) is 10.1. The number of hydrogen-bond donors (Lipinski definition) is 1. The third kappa shape index (κ3) is 3.03. The van der Waals surface area contributed by atoms with Crippen LogP contribution >= 0.6 is 11.3 Å². The van der Waals surface area contributed by atoms with Crippen molar-refractivity contribution in [3.63, 3.8) is 0 Å². The maximum atomic E-state index is 11.3. The Balaban J connectivity index is 1.84. The summed E-state index contributed by atoms with van der Waals surface area (Å²) >= 11 is 1.52. The Morgan fingerprint density at radius 1 is 1.57 bits per heavy atom. The molecule has 0 saturated carbocycles. The summed E-state index contributed by atoms with van der Waals surface area (Å²) in [6.07, 6.45) is 2.90. The number of nitro groups is 1. The lowest BCUT2D eigenvalue weighted by molar-refractivity contribution is -0.383. The highest BCUT2D eigenvalue weighted by atomic mass is 32.1. The van der Waals surface area contributed by atoms with Crippen molar-refractivity contribution in [1.82, 2.24) is 4.98 Å². The van der Waals surface area contributed by atoms with Crippen LogP contribution < -0.4 is 5.32 Å². The van der Waals surface area contributed by atoms with Crippen LogP contribution in [0.1, 0.15) is 11.4 Å². The van der Waals surface area contributed by atoms with Gasteiger partial charge in [-0.05, 0) is 19.4 Å². The van der Waals surface area contributed by atoms with Crippen molar-refractivity contribution in [2.75, 3.05) is 18.5 Å². The second-order valence-corrected chi connectivity index (χ2v) is 6.13. The maximum absolute atomic E-state index is 11.3. The van der Waals surface area contributed by atoms with Crippen molar-refractivity contribution >= 4 is 22.7 Å². The summed E-state index contributed by atoms with van der Waals surface area (Å²) in [5.74, 6) is 0. The van der Waals surface area contributed by atoms with E-state index in [2.05, 4.69) is 10.3 Å². The summed E-state index contributed by atoms with van der Waals surface area (Å²) in [6, 6.07) is 5.22. The van der Waals surface area contributed by atoms with E-state index in [4.69, 9.17) is 4.74 Å². The molecule has 3 rings (SSSR count). The number of anilines is 1. The van der Waals surface area contributed by atoms with Crippen LogP contribution in [0.25, 0.3) is 10.4 Å². The molecule has 0 spiro atoms. The van der Waals surface area contributed by atoms with Crippen molar-refractivity contribution in [1.29, 1.82) is 0 Å². The molecule has 2 heterocycles. The third-order valence-electron chi connectivity index (χ3n) is 3.41. The second kappa shape index (κ2) is 5.79. The monoisotopic (exact) mass is 305 g/mol. The Labute approximate surface area is 125 Å². The first-order valence-corrected chi connectivity index (χ1v) is 7.52. The number of rotatable bonds is 5. The van der Waals surface area contributed by atoms with E-state index in [1.807, 2.05) is 13.0 Å². The van der Waals surface area contributed by atoms with Crippen LogP contribution in [-0.4, -0.2) is 29.2 Å². The first kappa shape index (κ1) is 14.0. The number of hydrogen-bond acceptors (Lipinski definition) is 6. The molecule has 1 aliphatic heterocycles. The van der Waals surface area contributed by atoms with Crippen molar-refractivity contribution in [2.45, 2.75) is 19.4 Å². The van der Waals surface area contributed by atoms with Gasteiger partial charge in [-0.3, -0.25) is 10.1 Å². The molecule has 1 N–H and O–H groups in total. The van der Waals surface area contributed by atoms with Gasteiger partial charge in [0.2, 0.25) is 0 Å². The molecule has 2 aromatic rings. The fourth-order valence-corrected chi connectivity index (χ4v) is 2.92. The van der Waals surface area contributed by atoms with Crippen molar-refractivity contribution in [3.05, 3.63) is 39.5 Å². The zero-order valence-electron chi connectivity index (χ0n) is 11.5. The van der Waals surface area contributed by atoms with E-state index in [0.717, 1.165) is 28.5 Å². The number of thiazole rings is 1. The fraction of sp³-hybridized carbons (Fsp3) is 0.357. The number of nitrogens with one attached hydrogen (secondary N) is 1. The summed E-state index contributed by atoms with van der Waals surface area (Å²) in [4.78, 5) is 16.0. The van der Waals surface area contributed by atoms with Crippen LogP contribution in [0.3, 0.4) is 0 Å². The highest BCUT2D eigenvalue weighted by molar-refractivity contribution is 7.15. The van der Waals surface area contributed by atoms with E-state index in [0.29, 0.717) is 12.2 Å². The molecule has 1 atom stereocenters. The summed E-state index contributed by atoms with van der Waals surface area (Å²) in [7, 11) is 0. The predicted molar refractivity (Wildman–Crippen MR) is 81.8 cm³/mol. The molecule has 1 aliphatic rings. The van der Waals surface area contributed by atoms with Crippen LogP contribution in [0.2, 0.25) is 0 Å².